The molecule has 5 rings (SSSR count). The van der Waals surface area contributed by atoms with Gasteiger partial charge in [0.1, 0.15) is 18.2 Å². The largest absolute Gasteiger partial charge is 0.396 e. The number of hydrogen-bond acceptors (Lipinski definition) is 7. The van der Waals surface area contributed by atoms with E-state index in [-0.39, 0.29) is 24.5 Å². The smallest absolute Gasteiger partial charge is 0.208 e. The third kappa shape index (κ3) is 4.55. The number of carbonyl (C=O) groups is 1. The minimum absolute atomic E-state index is 0.101. The Labute approximate surface area is 202 Å². The minimum Gasteiger partial charge on any atom is -0.396 e. The van der Waals surface area contributed by atoms with Gasteiger partial charge in [0.25, 0.3) is 0 Å². The molecule has 0 saturated heterocycles. The lowest BCUT2D eigenvalue weighted by Gasteiger charge is -2.26. The topological polar surface area (TPSA) is 84.3 Å². The highest BCUT2D eigenvalue weighted by Gasteiger charge is 2.29. The molecule has 0 radical (unpaired) electrons. The second-order valence-electron chi connectivity index (χ2n) is 8.78. The number of nitrogens with zero attached hydrogens (tertiary/aromatic N) is 2. The Bertz CT molecular complexity index is 1180. The van der Waals surface area contributed by atoms with Crippen molar-refractivity contribution in [3.63, 3.8) is 0 Å². The van der Waals surface area contributed by atoms with Gasteiger partial charge in [-0.05, 0) is 73.4 Å². The molecule has 172 valence electrons. The fraction of sp³-hybridized carbons (Fsp3) is 0.400. The van der Waals surface area contributed by atoms with Crippen molar-refractivity contribution in [3.05, 3.63) is 73.8 Å². The maximum atomic E-state index is 13.5. The van der Waals surface area contributed by atoms with Crippen molar-refractivity contribution in [2.45, 2.75) is 44.8 Å². The van der Waals surface area contributed by atoms with E-state index in [2.05, 4.69) is 21.4 Å². The zero-order valence-corrected chi connectivity index (χ0v) is 20.0. The first-order chi connectivity index (χ1) is 16.0. The molecule has 33 heavy (non-hydrogen) atoms. The van der Waals surface area contributed by atoms with Crippen LogP contribution in [0, 0.1) is 12.8 Å². The highest BCUT2D eigenvalue weighted by molar-refractivity contribution is 7.14. The molecule has 1 aliphatic carbocycles. The molecular formula is C25H26ClN3O3S. The van der Waals surface area contributed by atoms with Gasteiger partial charge in [0.2, 0.25) is 5.78 Å². The Kier molecular flexibility index (Phi) is 6.47. The minimum atomic E-state index is -0.233. The van der Waals surface area contributed by atoms with Crippen LogP contribution in [0.15, 0.2) is 36.8 Å². The van der Waals surface area contributed by atoms with Crippen LogP contribution in [-0.2, 0) is 11.2 Å². The van der Waals surface area contributed by atoms with E-state index in [4.69, 9.17) is 16.3 Å². The van der Waals surface area contributed by atoms with E-state index in [0.717, 1.165) is 41.7 Å². The number of aromatic nitrogens is 2. The Balaban J connectivity index is 1.42. The summed E-state index contributed by atoms with van der Waals surface area (Å²) in [5.41, 5.74) is 3.76. The average Bonchev–Trinajstić information content (AvgIpc) is 3.45. The first kappa shape index (κ1) is 22.5. The van der Waals surface area contributed by atoms with Crippen LogP contribution < -0.4 is 5.32 Å². The summed E-state index contributed by atoms with van der Waals surface area (Å²) in [7, 11) is 0. The highest BCUT2D eigenvalue weighted by Crippen LogP contribution is 2.39. The normalized spacial score (nSPS) is 22.2. The van der Waals surface area contributed by atoms with Gasteiger partial charge in [-0.15, -0.1) is 11.3 Å². The van der Waals surface area contributed by atoms with Gasteiger partial charge < -0.3 is 15.2 Å². The zero-order valence-electron chi connectivity index (χ0n) is 18.4. The molecule has 3 aromatic rings. The third-order valence-corrected chi connectivity index (χ3v) is 7.91. The van der Waals surface area contributed by atoms with Crippen molar-refractivity contribution < 1.29 is 14.6 Å². The van der Waals surface area contributed by atoms with E-state index >= 15 is 0 Å². The number of carbonyl (C=O) groups excluding carboxylic acids is 1. The maximum Gasteiger partial charge on any atom is 0.208 e. The van der Waals surface area contributed by atoms with Crippen LogP contribution in [0.1, 0.15) is 62.2 Å². The molecule has 2 aliphatic rings. The van der Waals surface area contributed by atoms with Crippen LogP contribution in [0.2, 0.25) is 5.02 Å². The molecule has 0 bridgehead atoms. The molecule has 3 heterocycles. The quantitative estimate of drug-likeness (QED) is 0.482. The monoisotopic (exact) mass is 483 g/mol. The second kappa shape index (κ2) is 9.50. The van der Waals surface area contributed by atoms with E-state index in [0.29, 0.717) is 33.8 Å². The Hall–Kier alpha value is -2.32. The predicted octanol–water partition coefficient (Wildman–Crippen LogP) is 4.97. The fourth-order valence-electron chi connectivity index (χ4n) is 4.85. The summed E-state index contributed by atoms with van der Waals surface area (Å²) in [6, 6.07) is 8.08. The Morgan fingerprint density at radius 1 is 1.30 bits per heavy atom. The lowest BCUT2D eigenvalue weighted by molar-refractivity contribution is 0.0697. The maximum absolute atomic E-state index is 13.5. The van der Waals surface area contributed by atoms with Crippen molar-refractivity contribution in [1.29, 1.82) is 0 Å². The van der Waals surface area contributed by atoms with Gasteiger partial charge in [-0.3, -0.25) is 4.79 Å². The van der Waals surface area contributed by atoms with Gasteiger partial charge in [0, 0.05) is 28.7 Å². The molecule has 1 fully saturated rings. The predicted molar refractivity (Wildman–Crippen MR) is 129 cm³/mol. The van der Waals surface area contributed by atoms with Crippen LogP contribution in [0.3, 0.4) is 0 Å². The molecule has 1 aliphatic heterocycles. The van der Waals surface area contributed by atoms with Crippen LogP contribution in [0.5, 0.6) is 0 Å². The number of anilines is 1. The van der Waals surface area contributed by atoms with E-state index < -0.39 is 0 Å². The Morgan fingerprint density at radius 3 is 3.00 bits per heavy atom. The van der Waals surface area contributed by atoms with E-state index in [1.54, 1.807) is 6.20 Å². The zero-order chi connectivity index (χ0) is 22.9. The molecule has 1 aromatic carbocycles. The van der Waals surface area contributed by atoms with Crippen LogP contribution >= 0.6 is 22.9 Å². The van der Waals surface area contributed by atoms with Crippen molar-refractivity contribution in [2.24, 2.45) is 5.92 Å². The molecular weight excluding hydrogens is 458 g/mol. The molecule has 0 amide bonds. The lowest BCUT2D eigenvalue weighted by atomic mass is 9.93. The number of ether oxygens (including phenoxy) is 1. The number of aryl methyl sites for hydroxylation is 1. The molecule has 8 heteroatoms. The SMILES string of the molecule is Cc1sc(C(=O)c2cncnc2N[C@@H]2CC[C@@H](CO)C2)cc1[C@@H]1OCCc2ccc(Cl)cc21. The van der Waals surface area contributed by atoms with E-state index in [1.165, 1.54) is 23.2 Å². The lowest BCUT2D eigenvalue weighted by Crippen LogP contribution is -2.19. The average molecular weight is 484 g/mol. The number of rotatable bonds is 6. The molecule has 6 nitrogen and oxygen atoms in total. The second-order valence-corrected chi connectivity index (χ2v) is 10.5. The van der Waals surface area contributed by atoms with E-state index in [1.807, 2.05) is 25.1 Å². The summed E-state index contributed by atoms with van der Waals surface area (Å²) >= 11 is 7.73. The Morgan fingerprint density at radius 2 is 2.18 bits per heavy atom. The number of thiophene rings is 1. The number of benzene rings is 1. The molecule has 1 saturated carbocycles. The van der Waals surface area contributed by atoms with Gasteiger partial charge in [-0.2, -0.15) is 0 Å². The molecule has 2 N–H and O–H groups in total. The number of halogens is 1. The molecule has 0 unspecified atom stereocenters. The summed E-state index contributed by atoms with van der Waals surface area (Å²) in [4.78, 5) is 23.6. The number of hydrogen-bond donors (Lipinski definition) is 2. The number of aliphatic hydroxyl groups is 1. The molecule has 0 spiro atoms. The summed E-state index contributed by atoms with van der Waals surface area (Å²) < 4.78 is 6.14. The van der Waals surface area contributed by atoms with Crippen molar-refractivity contribution in [3.8, 4) is 0 Å². The standard InChI is InChI=1S/C25H26ClN3O3S/c1-14-19(24-20-9-17(26)4-3-16(20)6-7-32-24)10-22(33-14)23(31)21-11-27-13-28-25(21)29-18-5-2-15(8-18)12-30/h3-4,9-11,13,15,18,24,30H,2,5-8,12H2,1H3,(H,27,28,29)/t15-,18-,24+/m1/s1. The van der Waals surface area contributed by atoms with Crippen LogP contribution in [0.25, 0.3) is 0 Å². The van der Waals surface area contributed by atoms with Crippen LogP contribution in [0.4, 0.5) is 5.82 Å². The number of aliphatic hydroxyl groups excluding tert-OH is 1. The van der Waals surface area contributed by atoms with Crippen molar-refractivity contribution in [1.82, 2.24) is 9.97 Å². The molecule has 2 aromatic heterocycles. The number of fused-ring (bicyclic) bond motifs is 1. The van der Waals surface area contributed by atoms with Gasteiger partial charge >= 0.3 is 0 Å². The summed E-state index contributed by atoms with van der Waals surface area (Å²) in [6.45, 7) is 2.85. The van der Waals surface area contributed by atoms with Gasteiger partial charge in [0.15, 0.2) is 0 Å². The number of nitrogens with one attached hydrogen (secondary N) is 1. The first-order valence-corrected chi connectivity index (χ1v) is 12.4. The summed E-state index contributed by atoms with van der Waals surface area (Å²) in [6.07, 6.45) is 6.46. The fourth-order valence-corrected chi connectivity index (χ4v) is 6.03. The summed E-state index contributed by atoms with van der Waals surface area (Å²) in [5, 5.41) is 13.5. The molecule has 3 atom stereocenters. The van der Waals surface area contributed by atoms with Crippen molar-refractivity contribution in [2.75, 3.05) is 18.5 Å². The highest BCUT2D eigenvalue weighted by atomic mass is 35.5. The third-order valence-electron chi connectivity index (χ3n) is 6.61. The summed E-state index contributed by atoms with van der Waals surface area (Å²) in [5.74, 6) is 0.756. The first-order valence-electron chi connectivity index (χ1n) is 11.3. The van der Waals surface area contributed by atoms with Crippen molar-refractivity contribution >= 4 is 34.5 Å². The van der Waals surface area contributed by atoms with E-state index in [9.17, 15) is 9.90 Å². The van der Waals surface area contributed by atoms with Gasteiger partial charge in [-0.25, -0.2) is 9.97 Å². The van der Waals surface area contributed by atoms with Gasteiger partial charge in [0.05, 0.1) is 17.0 Å². The van der Waals surface area contributed by atoms with Crippen LogP contribution in [-0.4, -0.2) is 40.1 Å². The van der Waals surface area contributed by atoms with Gasteiger partial charge in [-0.1, -0.05) is 17.7 Å². The number of ketones is 1.